The van der Waals surface area contributed by atoms with Crippen LogP contribution < -0.4 is 19.5 Å². The third-order valence-electron chi connectivity index (χ3n) is 3.68. The summed E-state index contributed by atoms with van der Waals surface area (Å²) in [7, 11) is 0. The highest BCUT2D eigenvalue weighted by atomic mass is 32.1. The molecule has 0 saturated carbocycles. The van der Waals surface area contributed by atoms with Crippen LogP contribution in [0.1, 0.15) is 43.9 Å². The van der Waals surface area contributed by atoms with Gasteiger partial charge >= 0.3 is 6.18 Å². The number of hydrogen-bond donors (Lipinski definition) is 1. The maximum absolute atomic E-state index is 12.8. The van der Waals surface area contributed by atoms with Gasteiger partial charge in [-0.3, -0.25) is 10.1 Å². The molecule has 33 heavy (non-hydrogen) atoms. The molecule has 3 aromatic rings. The number of nitrogens with one attached hydrogen (secondary N) is 1. The lowest BCUT2D eigenvalue weighted by atomic mass is 10.2. The fourth-order valence-electron chi connectivity index (χ4n) is 2.56. The third-order valence-corrected chi connectivity index (χ3v) is 4.47. The number of amides is 1. The second-order valence-electron chi connectivity index (χ2n) is 7.28. The van der Waals surface area contributed by atoms with Crippen LogP contribution in [0.4, 0.5) is 18.3 Å². The van der Waals surface area contributed by atoms with Gasteiger partial charge in [-0.25, -0.2) is 9.97 Å². The predicted octanol–water partition coefficient (Wildman–Crippen LogP) is 5.57. The van der Waals surface area contributed by atoms with E-state index in [1.807, 2.05) is 27.7 Å². The van der Waals surface area contributed by atoms with Crippen molar-refractivity contribution < 1.29 is 32.2 Å². The second-order valence-corrected chi connectivity index (χ2v) is 8.28. The van der Waals surface area contributed by atoms with Crippen LogP contribution in [-0.2, 0) is 6.18 Å². The molecule has 1 aromatic carbocycles. The Morgan fingerprint density at radius 3 is 2.24 bits per heavy atom. The van der Waals surface area contributed by atoms with Crippen molar-refractivity contribution in [3.8, 4) is 22.4 Å². The second kappa shape index (κ2) is 10.0. The zero-order valence-corrected chi connectivity index (χ0v) is 19.0. The van der Waals surface area contributed by atoms with Crippen molar-refractivity contribution in [2.45, 2.75) is 46.1 Å². The lowest BCUT2D eigenvalue weighted by Crippen LogP contribution is -2.14. The van der Waals surface area contributed by atoms with Crippen molar-refractivity contribution in [1.29, 1.82) is 0 Å². The van der Waals surface area contributed by atoms with E-state index in [1.54, 1.807) is 18.2 Å². The molecule has 0 bridgehead atoms. The van der Waals surface area contributed by atoms with Gasteiger partial charge in [-0.15, -0.1) is 0 Å². The van der Waals surface area contributed by atoms with E-state index in [9.17, 15) is 18.0 Å². The molecule has 0 fully saturated rings. The number of halogens is 3. The minimum Gasteiger partial charge on any atom is -0.491 e. The maximum atomic E-state index is 12.8. The van der Waals surface area contributed by atoms with Gasteiger partial charge in [0.1, 0.15) is 11.5 Å². The lowest BCUT2D eigenvalue weighted by molar-refractivity contribution is -0.145. The third kappa shape index (κ3) is 7.04. The van der Waals surface area contributed by atoms with Crippen LogP contribution in [0.3, 0.4) is 0 Å². The molecule has 1 amide bonds. The predicted molar refractivity (Wildman–Crippen MR) is 115 cm³/mol. The number of carbonyl (C=O) groups is 1. The van der Waals surface area contributed by atoms with Gasteiger partial charge < -0.3 is 14.2 Å². The van der Waals surface area contributed by atoms with Gasteiger partial charge in [0, 0.05) is 23.9 Å². The Labute approximate surface area is 191 Å². The number of benzene rings is 1. The number of ether oxygens (including phenoxy) is 3. The number of alkyl halides is 3. The van der Waals surface area contributed by atoms with Crippen LogP contribution >= 0.6 is 11.3 Å². The van der Waals surface area contributed by atoms with Gasteiger partial charge in [0.2, 0.25) is 16.8 Å². The Morgan fingerprint density at radius 1 is 1.03 bits per heavy atom. The average molecular weight is 482 g/mol. The van der Waals surface area contributed by atoms with Crippen molar-refractivity contribution in [2.24, 2.45) is 0 Å². The molecule has 2 aromatic heterocycles. The first-order chi connectivity index (χ1) is 15.5. The molecule has 1 N–H and O–H groups in total. The molecule has 8 nitrogen and oxygen atoms in total. The van der Waals surface area contributed by atoms with Crippen LogP contribution in [0.5, 0.6) is 22.4 Å². The van der Waals surface area contributed by atoms with E-state index >= 15 is 0 Å². The summed E-state index contributed by atoms with van der Waals surface area (Å²) in [5, 5.41) is 2.94. The first kappa shape index (κ1) is 24.2. The monoisotopic (exact) mass is 482 g/mol. The zero-order chi connectivity index (χ0) is 24.2. The van der Waals surface area contributed by atoms with E-state index in [-0.39, 0.29) is 33.8 Å². The first-order valence-corrected chi connectivity index (χ1v) is 10.6. The minimum atomic E-state index is -4.70. The first-order valence-electron chi connectivity index (χ1n) is 9.83. The maximum Gasteiger partial charge on any atom is 0.451 e. The largest absolute Gasteiger partial charge is 0.491 e. The fourth-order valence-corrected chi connectivity index (χ4v) is 3.23. The molecule has 0 unspecified atom stereocenters. The highest BCUT2D eigenvalue weighted by Gasteiger charge is 2.35. The Bertz CT molecular complexity index is 1090. The highest BCUT2D eigenvalue weighted by Crippen LogP contribution is 2.32. The fraction of sp³-hybridized carbons (Fsp3) is 0.333. The van der Waals surface area contributed by atoms with Crippen molar-refractivity contribution in [1.82, 2.24) is 15.0 Å². The molecule has 0 atom stereocenters. The van der Waals surface area contributed by atoms with Gasteiger partial charge in [-0.2, -0.15) is 18.2 Å². The number of thiazole rings is 1. The summed E-state index contributed by atoms with van der Waals surface area (Å²) >= 11 is 0.924. The molecule has 0 saturated heterocycles. The van der Waals surface area contributed by atoms with Gasteiger partial charge in [0.15, 0.2) is 5.13 Å². The normalized spacial score (nSPS) is 11.5. The van der Waals surface area contributed by atoms with Crippen LogP contribution in [0, 0.1) is 0 Å². The molecule has 12 heteroatoms. The van der Waals surface area contributed by atoms with E-state index in [4.69, 9.17) is 14.2 Å². The van der Waals surface area contributed by atoms with E-state index in [0.717, 1.165) is 17.5 Å². The molecule has 0 aliphatic carbocycles. The smallest absolute Gasteiger partial charge is 0.451 e. The summed E-state index contributed by atoms with van der Waals surface area (Å²) in [6.07, 6.45) is -2.70. The number of anilines is 1. The lowest BCUT2D eigenvalue weighted by Gasteiger charge is -2.15. The molecule has 176 valence electrons. The van der Waals surface area contributed by atoms with Crippen LogP contribution in [0.25, 0.3) is 0 Å². The van der Waals surface area contributed by atoms with Gasteiger partial charge in [-0.05, 0) is 39.8 Å². The summed E-state index contributed by atoms with van der Waals surface area (Å²) in [6.45, 7) is 7.45. The molecule has 2 heterocycles. The van der Waals surface area contributed by atoms with Crippen molar-refractivity contribution >= 4 is 22.4 Å². The molecule has 3 rings (SSSR count). The Kier molecular flexibility index (Phi) is 7.36. The van der Waals surface area contributed by atoms with E-state index in [2.05, 4.69) is 20.3 Å². The number of aromatic nitrogens is 3. The van der Waals surface area contributed by atoms with Crippen molar-refractivity contribution in [2.75, 3.05) is 5.32 Å². The zero-order valence-electron chi connectivity index (χ0n) is 18.1. The molecule has 0 aliphatic heterocycles. The SMILES string of the molecule is CC(C)Oc1cc(OC(C)C)cc(C(=O)Nc2ncc(Oc3ccnc(C(F)(F)F)n3)s2)c1. The van der Waals surface area contributed by atoms with Crippen LogP contribution in [0.2, 0.25) is 0 Å². The number of nitrogens with zero attached hydrogens (tertiary/aromatic N) is 3. The van der Waals surface area contributed by atoms with Gasteiger partial charge in [-0.1, -0.05) is 11.3 Å². The Morgan fingerprint density at radius 2 is 1.67 bits per heavy atom. The van der Waals surface area contributed by atoms with Crippen molar-refractivity contribution in [3.05, 3.63) is 48.0 Å². The highest BCUT2D eigenvalue weighted by molar-refractivity contribution is 7.17. The van der Waals surface area contributed by atoms with Crippen LogP contribution in [0.15, 0.2) is 36.7 Å². The number of hydrogen-bond acceptors (Lipinski definition) is 8. The molecule has 0 aliphatic rings. The van der Waals surface area contributed by atoms with E-state index < -0.39 is 17.9 Å². The summed E-state index contributed by atoms with van der Waals surface area (Å²) in [6, 6.07) is 6.03. The topological polar surface area (TPSA) is 95.5 Å². The standard InChI is InChI=1S/C21H21F3N4O4S/c1-11(2)30-14-7-13(8-15(9-14)31-12(3)4)18(29)28-20-26-10-17(33-20)32-16-5-6-25-19(27-16)21(22,23)24/h5-12H,1-4H3,(H,26,28,29). The van der Waals surface area contributed by atoms with Gasteiger partial charge in [0.25, 0.3) is 5.91 Å². The van der Waals surface area contributed by atoms with E-state index in [1.165, 1.54) is 12.3 Å². The quantitative estimate of drug-likeness (QED) is 0.448. The summed E-state index contributed by atoms with van der Waals surface area (Å²) < 4.78 is 55.0. The number of carbonyl (C=O) groups excluding carboxylic acids is 1. The number of rotatable bonds is 8. The Hall–Kier alpha value is -3.41. The van der Waals surface area contributed by atoms with E-state index in [0.29, 0.717) is 11.5 Å². The molecular formula is C21H21F3N4O4S. The average Bonchev–Trinajstić information content (AvgIpc) is 3.13. The summed E-state index contributed by atoms with van der Waals surface area (Å²) in [5.41, 5.74) is 0.284. The summed E-state index contributed by atoms with van der Waals surface area (Å²) in [4.78, 5) is 23.3. The van der Waals surface area contributed by atoms with Gasteiger partial charge in [0.05, 0.1) is 18.4 Å². The molecule has 0 spiro atoms. The van der Waals surface area contributed by atoms with Crippen molar-refractivity contribution in [3.63, 3.8) is 0 Å². The molecular weight excluding hydrogens is 461 g/mol. The minimum absolute atomic E-state index is 0.103. The Balaban J connectivity index is 1.74. The molecule has 0 radical (unpaired) electrons. The van der Waals surface area contributed by atoms with Crippen LogP contribution in [-0.4, -0.2) is 33.1 Å². The summed E-state index contributed by atoms with van der Waals surface area (Å²) in [5.74, 6) is -1.14.